The second-order valence-corrected chi connectivity index (χ2v) is 5.54. The fourth-order valence-corrected chi connectivity index (χ4v) is 3.32. The Kier molecular flexibility index (Phi) is 4.14. The van der Waals surface area contributed by atoms with Gasteiger partial charge in [-0.3, -0.25) is 0 Å². The number of nitriles is 1. The monoisotopic (exact) mass is 267 g/mol. The summed E-state index contributed by atoms with van der Waals surface area (Å²) in [5.41, 5.74) is 0.475. The number of thioether (sulfide) groups is 1. The van der Waals surface area contributed by atoms with Gasteiger partial charge in [0, 0.05) is 17.5 Å². The van der Waals surface area contributed by atoms with Gasteiger partial charge in [0.05, 0.1) is 5.56 Å². The first-order valence-electron chi connectivity index (χ1n) is 5.60. The standard InChI is InChI=1S/C12H14ClN3S/c1-17-10-4-2-3-9(10)16-12-11(13)8(7-14)5-6-15-12/h5-6,9-10H,2-4H2,1H3,(H,15,16). The van der Waals surface area contributed by atoms with Crippen LogP contribution in [0.3, 0.4) is 0 Å². The molecule has 2 atom stereocenters. The average molecular weight is 268 g/mol. The first kappa shape index (κ1) is 12.5. The molecule has 0 radical (unpaired) electrons. The minimum Gasteiger partial charge on any atom is -0.365 e. The average Bonchev–Trinajstić information content (AvgIpc) is 2.79. The summed E-state index contributed by atoms with van der Waals surface area (Å²) < 4.78 is 0. The molecule has 0 spiro atoms. The molecular formula is C12H14ClN3S. The molecule has 1 saturated carbocycles. The Bertz CT molecular complexity index is 444. The number of hydrogen-bond donors (Lipinski definition) is 1. The molecule has 2 rings (SSSR count). The van der Waals surface area contributed by atoms with Gasteiger partial charge >= 0.3 is 0 Å². The van der Waals surface area contributed by atoms with Crippen LogP contribution in [-0.2, 0) is 0 Å². The summed E-state index contributed by atoms with van der Waals surface area (Å²) in [7, 11) is 0. The Morgan fingerprint density at radius 1 is 1.59 bits per heavy atom. The lowest BCUT2D eigenvalue weighted by molar-refractivity contribution is 0.763. The van der Waals surface area contributed by atoms with Gasteiger partial charge < -0.3 is 5.32 Å². The van der Waals surface area contributed by atoms with Crippen LogP contribution in [0.25, 0.3) is 0 Å². The summed E-state index contributed by atoms with van der Waals surface area (Å²) in [5.74, 6) is 0.636. The molecular weight excluding hydrogens is 254 g/mol. The van der Waals surface area contributed by atoms with Crippen LogP contribution < -0.4 is 5.32 Å². The Hall–Kier alpha value is -0.920. The summed E-state index contributed by atoms with van der Waals surface area (Å²) in [5, 5.41) is 13.3. The topological polar surface area (TPSA) is 48.7 Å². The van der Waals surface area contributed by atoms with Gasteiger partial charge in [0.1, 0.15) is 16.9 Å². The van der Waals surface area contributed by atoms with E-state index in [4.69, 9.17) is 16.9 Å². The van der Waals surface area contributed by atoms with Crippen molar-refractivity contribution in [2.75, 3.05) is 11.6 Å². The zero-order chi connectivity index (χ0) is 12.3. The van der Waals surface area contributed by atoms with Crippen molar-refractivity contribution in [3.63, 3.8) is 0 Å². The highest BCUT2D eigenvalue weighted by Crippen LogP contribution is 2.32. The van der Waals surface area contributed by atoms with Crippen LogP contribution in [0, 0.1) is 11.3 Å². The molecule has 0 amide bonds. The Morgan fingerprint density at radius 3 is 3.12 bits per heavy atom. The number of halogens is 1. The van der Waals surface area contributed by atoms with Gasteiger partial charge in [-0.2, -0.15) is 17.0 Å². The summed E-state index contributed by atoms with van der Waals surface area (Å²) in [6.45, 7) is 0. The van der Waals surface area contributed by atoms with E-state index in [1.54, 1.807) is 12.3 Å². The number of anilines is 1. The van der Waals surface area contributed by atoms with Crippen molar-refractivity contribution in [3.8, 4) is 6.07 Å². The number of nitrogens with one attached hydrogen (secondary N) is 1. The highest BCUT2D eigenvalue weighted by molar-refractivity contribution is 7.99. The maximum absolute atomic E-state index is 8.91. The van der Waals surface area contributed by atoms with E-state index >= 15 is 0 Å². The smallest absolute Gasteiger partial charge is 0.146 e. The zero-order valence-electron chi connectivity index (χ0n) is 9.61. The van der Waals surface area contributed by atoms with Crippen LogP contribution in [0.5, 0.6) is 0 Å². The number of rotatable bonds is 3. The van der Waals surface area contributed by atoms with E-state index in [9.17, 15) is 0 Å². The van der Waals surface area contributed by atoms with Crippen LogP contribution in [-0.4, -0.2) is 22.5 Å². The molecule has 1 aromatic rings. The molecule has 1 fully saturated rings. The Labute approximate surface area is 111 Å². The number of hydrogen-bond acceptors (Lipinski definition) is 4. The van der Waals surface area contributed by atoms with Gasteiger partial charge in [0.2, 0.25) is 0 Å². The predicted molar refractivity (Wildman–Crippen MR) is 72.5 cm³/mol. The molecule has 1 aliphatic carbocycles. The van der Waals surface area contributed by atoms with Crippen molar-refractivity contribution in [2.45, 2.75) is 30.6 Å². The molecule has 1 aliphatic rings. The highest BCUT2D eigenvalue weighted by Gasteiger charge is 2.27. The van der Waals surface area contributed by atoms with E-state index in [1.807, 2.05) is 11.8 Å². The molecule has 3 nitrogen and oxygen atoms in total. The van der Waals surface area contributed by atoms with E-state index in [0.717, 1.165) is 6.42 Å². The maximum Gasteiger partial charge on any atom is 0.146 e. The quantitative estimate of drug-likeness (QED) is 0.913. The Morgan fingerprint density at radius 2 is 2.41 bits per heavy atom. The first-order valence-corrected chi connectivity index (χ1v) is 7.26. The van der Waals surface area contributed by atoms with Gasteiger partial charge in [0.15, 0.2) is 0 Å². The molecule has 17 heavy (non-hydrogen) atoms. The molecule has 5 heteroatoms. The number of nitrogens with zero attached hydrogens (tertiary/aromatic N) is 2. The summed E-state index contributed by atoms with van der Waals surface area (Å²) >= 11 is 8.00. The number of pyridine rings is 1. The first-order chi connectivity index (χ1) is 8.26. The molecule has 0 bridgehead atoms. The van der Waals surface area contributed by atoms with E-state index < -0.39 is 0 Å². The summed E-state index contributed by atoms with van der Waals surface area (Å²) in [4.78, 5) is 4.22. The minimum atomic E-state index is 0.406. The van der Waals surface area contributed by atoms with Crippen molar-refractivity contribution in [1.82, 2.24) is 4.98 Å². The van der Waals surface area contributed by atoms with Crippen molar-refractivity contribution in [3.05, 3.63) is 22.8 Å². The molecule has 1 heterocycles. The zero-order valence-corrected chi connectivity index (χ0v) is 11.2. The van der Waals surface area contributed by atoms with Gasteiger partial charge in [0.25, 0.3) is 0 Å². The van der Waals surface area contributed by atoms with E-state index in [0.29, 0.717) is 27.7 Å². The third kappa shape index (κ3) is 2.67. The van der Waals surface area contributed by atoms with E-state index in [-0.39, 0.29) is 0 Å². The van der Waals surface area contributed by atoms with Crippen LogP contribution in [0.1, 0.15) is 24.8 Å². The lowest BCUT2D eigenvalue weighted by atomic mass is 10.2. The fourth-order valence-electron chi connectivity index (χ4n) is 2.18. The van der Waals surface area contributed by atoms with Crippen LogP contribution in [0.2, 0.25) is 5.02 Å². The van der Waals surface area contributed by atoms with Gasteiger partial charge in [-0.15, -0.1) is 0 Å². The van der Waals surface area contributed by atoms with Crippen LogP contribution >= 0.6 is 23.4 Å². The second-order valence-electron chi connectivity index (χ2n) is 4.09. The van der Waals surface area contributed by atoms with Crippen molar-refractivity contribution >= 4 is 29.2 Å². The molecule has 0 aliphatic heterocycles. The molecule has 0 saturated heterocycles. The van der Waals surface area contributed by atoms with Crippen molar-refractivity contribution in [2.24, 2.45) is 0 Å². The van der Waals surface area contributed by atoms with Crippen LogP contribution in [0.4, 0.5) is 5.82 Å². The molecule has 90 valence electrons. The van der Waals surface area contributed by atoms with Gasteiger partial charge in [-0.1, -0.05) is 18.0 Å². The molecule has 0 aromatic carbocycles. The SMILES string of the molecule is CSC1CCCC1Nc1nccc(C#N)c1Cl. The predicted octanol–water partition coefficient (Wildman–Crippen LogP) is 3.30. The maximum atomic E-state index is 8.91. The Balaban J connectivity index is 2.16. The summed E-state index contributed by atoms with van der Waals surface area (Å²) in [6, 6.07) is 4.11. The number of aromatic nitrogens is 1. The molecule has 1 N–H and O–H groups in total. The van der Waals surface area contributed by atoms with Gasteiger partial charge in [-0.25, -0.2) is 4.98 Å². The van der Waals surface area contributed by atoms with Crippen LogP contribution in [0.15, 0.2) is 12.3 Å². The summed E-state index contributed by atoms with van der Waals surface area (Å²) in [6.07, 6.45) is 7.36. The normalized spacial score (nSPS) is 23.4. The third-order valence-electron chi connectivity index (χ3n) is 3.09. The van der Waals surface area contributed by atoms with Gasteiger partial charge in [-0.05, 0) is 25.2 Å². The van der Waals surface area contributed by atoms with Crippen molar-refractivity contribution < 1.29 is 0 Å². The lowest BCUT2D eigenvalue weighted by Crippen LogP contribution is -2.26. The van der Waals surface area contributed by atoms with Crippen molar-refractivity contribution in [1.29, 1.82) is 5.26 Å². The van der Waals surface area contributed by atoms with E-state index in [1.165, 1.54) is 12.8 Å². The lowest BCUT2D eigenvalue weighted by Gasteiger charge is -2.20. The largest absolute Gasteiger partial charge is 0.365 e. The molecule has 1 aromatic heterocycles. The second kappa shape index (κ2) is 5.61. The minimum absolute atomic E-state index is 0.406. The highest BCUT2D eigenvalue weighted by atomic mass is 35.5. The third-order valence-corrected chi connectivity index (χ3v) is 4.64. The molecule has 2 unspecified atom stereocenters. The fraction of sp³-hybridized carbons (Fsp3) is 0.500. The van der Waals surface area contributed by atoms with E-state index in [2.05, 4.69) is 22.6 Å².